The lowest BCUT2D eigenvalue weighted by atomic mass is 9.80. The van der Waals surface area contributed by atoms with Gasteiger partial charge in [-0.15, -0.1) is 0 Å². The second kappa shape index (κ2) is 10.5. The van der Waals surface area contributed by atoms with E-state index in [9.17, 15) is 10.0 Å². The maximum atomic E-state index is 9.24. The molecule has 0 amide bonds. The fourth-order valence-electron chi connectivity index (χ4n) is 2.37. The van der Waals surface area contributed by atoms with Crippen molar-refractivity contribution in [2.75, 3.05) is 26.2 Å². The van der Waals surface area contributed by atoms with Gasteiger partial charge in [0, 0.05) is 19.6 Å². The summed E-state index contributed by atoms with van der Waals surface area (Å²) < 4.78 is 0. The molecule has 7 heteroatoms. The van der Waals surface area contributed by atoms with Gasteiger partial charge in [-0.05, 0) is 22.9 Å². The Balaban J connectivity index is 2.69. The van der Waals surface area contributed by atoms with Gasteiger partial charge in [-0.2, -0.15) is 5.10 Å². The minimum absolute atomic E-state index is 0.458. The lowest BCUT2D eigenvalue weighted by Crippen LogP contribution is -2.40. The van der Waals surface area contributed by atoms with Gasteiger partial charge in [0.05, 0.1) is 12.8 Å². The number of nitrogens with two attached hydrogens (primary N) is 1. The summed E-state index contributed by atoms with van der Waals surface area (Å²) >= 11 is 0. The van der Waals surface area contributed by atoms with Gasteiger partial charge in [0.1, 0.15) is 0 Å². The molecule has 0 saturated heterocycles. The summed E-state index contributed by atoms with van der Waals surface area (Å²) in [4.78, 5) is 0. The van der Waals surface area contributed by atoms with Crippen molar-refractivity contribution < 1.29 is 10.0 Å². The first-order chi connectivity index (χ1) is 11.3. The molecule has 0 aromatic heterocycles. The van der Waals surface area contributed by atoms with Crippen molar-refractivity contribution in [3.05, 3.63) is 29.8 Å². The first-order valence-electron chi connectivity index (χ1n) is 8.52. The van der Waals surface area contributed by atoms with Crippen LogP contribution < -0.4 is 11.3 Å². The zero-order valence-electron chi connectivity index (χ0n) is 15.3. The van der Waals surface area contributed by atoms with Crippen molar-refractivity contribution in [2.24, 2.45) is 22.8 Å². The lowest BCUT2D eigenvalue weighted by molar-refractivity contribution is 0.186. The van der Waals surface area contributed by atoms with Gasteiger partial charge in [-0.1, -0.05) is 52.0 Å². The fourth-order valence-corrected chi connectivity index (χ4v) is 2.37. The normalized spacial score (nSPS) is 11.9. The average molecular weight is 334 g/mol. The summed E-state index contributed by atoms with van der Waals surface area (Å²) in [6.45, 7) is 11.8. The SMILES string of the molecule is CC(C)CN(N)CCN(CC(C)C)/N=C/c1cccc(B(O)O)c1. The lowest BCUT2D eigenvalue weighted by Gasteiger charge is -2.25. The summed E-state index contributed by atoms with van der Waals surface area (Å²) in [6.07, 6.45) is 1.75. The molecule has 0 heterocycles. The molecule has 0 aliphatic heterocycles. The Morgan fingerprint density at radius 2 is 1.79 bits per heavy atom. The van der Waals surface area contributed by atoms with E-state index in [1.807, 2.05) is 16.1 Å². The van der Waals surface area contributed by atoms with Gasteiger partial charge >= 0.3 is 7.12 Å². The number of hydrogen-bond acceptors (Lipinski definition) is 6. The monoisotopic (exact) mass is 334 g/mol. The van der Waals surface area contributed by atoms with E-state index in [0.29, 0.717) is 17.3 Å². The minimum atomic E-state index is -1.47. The predicted molar refractivity (Wildman–Crippen MR) is 101 cm³/mol. The van der Waals surface area contributed by atoms with Gasteiger partial charge in [-0.25, -0.2) is 5.01 Å². The van der Waals surface area contributed by atoms with Crippen LogP contribution in [0.3, 0.4) is 0 Å². The van der Waals surface area contributed by atoms with Crippen LogP contribution in [0.1, 0.15) is 33.3 Å². The summed E-state index contributed by atoms with van der Waals surface area (Å²) in [5, 5.41) is 26.9. The van der Waals surface area contributed by atoms with E-state index in [2.05, 4.69) is 32.8 Å². The molecule has 6 nitrogen and oxygen atoms in total. The Bertz CT molecular complexity index is 509. The number of hydrazone groups is 1. The fraction of sp³-hybridized carbons (Fsp3) is 0.588. The average Bonchev–Trinajstić information content (AvgIpc) is 2.49. The van der Waals surface area contributed by atoms with E-state index < -0.39 is 7.12 Å². The Hall–Kier alpha value is -1.41. The second-order valence-corrected chi connectivity index (χ2v) is 6.98. The Labute approximate surface area is 146 Å². The molecule has 0 aliphatic rings. The van der Waals surface area contributed by atoms with E-state index in [1.165, 1.54) is 0 Å². The first-order valence-corrected chi connectivity index (χ1v) is 8.52. The molecule has 0 saturated carbocycles. The molecular weight excluding hydrogens is 303 g/mol. The van der Waals surface area contributed by atoms with E-state index in [0.717, 1.165) is 31.7 Å². The van der Waals surface area contributed by atoms with Crippen LogP contribution in [0.15, 0.2) is 29.4 Å². The highest BCUT2D eigenvalue weighted by molar-refractivity contribution is 6.58. The van der Waals surface area contributed by atoms with Gasteiger partial charge in [0.2, 0.25) is 0 Å². The minimum Gasteiger partial charge on any atom is -0.423 e. The van der Waals surface area contributed by atoms with Crippen LogP contribution in [0.25, 0.3) is 0 Å². The number of rotatable bonds is 10. The molecule has 0 spiro atoms. The second-order valence-electron chi connectivity index (χ2n) is 6.98. The Morgan fingerprint density at radius 1 is 1.12 bits per heavy atom. The van der Waals surface area contributed by atoms with Crippen molar-refractivity contribution in [3.8, 4) is 0 Å². The van der Waals surface area contributed by atoms with Crippen LogP contribution in [0.4, 0.5) is 0 Å². The molecule has 0 fully saturated rings. The molecule has 0 radical (unpaired) electrons. The van der Waals surface area contributed by atoms with Crippen LogP contribution in [-0.2, 0) is 0 Å². The molecule has 0 atom stereocenters. The smallest absolute Gasteiger partial charge is 0.423 e. The molecule has 0 aliphatic carbocycles. The third-order valence-electron chi connectivity index (χ3n) is 3.40. The molecular formula is C17H31BN4O2. The largest absolute Gasteiger partial charge is 0.488 e. The third kappa shape index (κ3) is 8.45. The Kier molecular flexibility index (Phi) is 8.99. The van der Waals surface area contributed by atoms with Gasteiger partial charge in [-0.3, -0.25) is 10.9 Å². The summed E-state index contributed by atoms with van der Waals surface area (Å²) in [7, 11) is -1.47. The molecule has 24 heavy (non-hydrogen) atoms. The first kappa shape index (κ1) is 20.6. The highest BCUT2D eigenvalue weighted by atomic mass is 16.4. The summed E-state index contributed by atoms with van der Waals surface area (Å²) in [6, 6.07) is 7.06. The standard InChI is InChI=1S/C17H31BN4O2/c1-14(2)12-21(19)8-9-22(13-15(3)4)20-11-16-6-5-7-17(10-16)18(23)24/h5-7,10-11,14-15,23-24H,8-9,12-13,19H2,1-4H3/b20-11+. The van der Waals surface area contributed by atoms with Crippen LogP contribution in [0.2, 0.25) is 0 Å². The van der Waals surface area contributed by atoms with Crippen molar-refractivity contribution in [2.45, 2.75) is 27.7 Å². The van der Waals surface area contributed by atoms with Crippen LogP contribution in [-0.4, -0.2) is 59.6 Å². The van der Waals surface area contributed by atoms with Crippen LogP contribution >= 0.6 is 0 Å². The summed E-state index contributed by atoms with van der Waals surface area (Å²) in [5.41, 5.74) is 1.29. The van der Waals surface area contributed by atoms with Gasteiger partial charge in [0.25, 0.3) is 0 Å². The number of benzene rings is 1. The molecule has 1 aromatic carbocycles. The van der Waals surface area contributed by atoms with Gasteiger partial charge < -0.3 is 10.0 Å². The maximum absolute atomic E-state index is 9.24. The zero-order chi connectivity index (χ0) is 18.1. The quantitative estimate of drug-likeness (QED) is 0.251. The van der Waals surface area contributed by atoms with E-state index in [1.54, 1.807) is 24.4 Å². The Morgan fingerprint density at radius 3 is 2.38 bits per heavy atom. The molecule has 1 aromatic rings. The third-order valence-corrected chi connectivity index (χ3v) is 3.40. The highest BCUT2D eigenvalue weighted by Crippen LogP contribution is 2.02. The van der Waals surface area contributed by atoms with Crippen molar-refractivity contribution in [1.82, 2.24) is 10.0 Å². The number of hydrogen-bond donors (Lipinski definition) is 3. The van der Waals surface area contributed by atoms with E-state index in [-0.39, 0.29) is 0 Å². The zero-order valence-corrected chi connectivity index (χ0v) is 15.3. The molecule has 0 bridgehead atoms. The van der Waals surface area contributed by atoms with E-state index >= 15 is 0 Å². The molecule has 1 rings (SSSR count). The van der Waals surface area contributed by atoms with Crippen LogP contribution in [0, 0.1) is 11.8 Å². The van der Waals surface area contributed by atoms with Gasteiger partial charge in [0.15, 0.2) is 0 Å². The molecule has 4 N–H and O–H groups in total. The molecule has 134 valence electrons. The predicted octanol–water partition coefficient (Wildman–Crippen LogP) is 0.490. The molecule has 0 unspecified atom stereocenters. The maximum Gasteiger partial charge on any atom is 0.488 e. The van der Waals surface area contributed by atoms with Crippen molar-refractivity contribution in [1.29, 1.82) is 0 Å². The number of hydrazine groups is 1. The number of nitrogens with zero attached hydrogens (tertiary/aromatic N) is 3. The topological polar surface area (TPSA) is 85.3 Å². The van der Waals surface area contributed by atoms with Crippen molar-refractivity contribution >= 4 is 18.8 Å². The van der Waals surface area contributed by atoms with Crippen LogP contribution in [0.5, 0.6) is 0 Å². The van der Waals surface area contributed by atoms with Crippen molar-refractivity contribution in [3.63, 3.8) is 0 Å². The highest BCUT2D eigenvalue weighted by Gasteiger charge is 2.11. The van der Waals surface area contributed by atoms with E-state index in [4.69, 9.17) is 5.84 Å². The summed E-state index contributed by atoms with van der Waals surface area (Å²) in [5.74, 6) is 7.04.